The fourth-order valence-corrected chi connectivity index (χ4v) is 2.14. The van der Waals surface area contributed by atoms with E-state index >= 15 is 0 Å². The molecule has 5 nitrogen and oxygen atoms in total. The number of nitrogens with zero attached hydrogens (tertiary/aromatic N) is 1. The Kier molecular flexibility index (Phi) is 5.84. The van der Waals surface area contributed by atoms with Crippen LogP contribution in [-0.2, 0) is 6.54 Å². The van der Waals surface area contributed by atoms with E-state index in [1.165, 1.54) is 12.3 Å². The zero-order chi connectivity index (χ0) is 18.4. The smallest absolute Gasteiger partial charge is 0.422 e. The Morgan fingerprint density at radius 3 is 2.64 bits per heavy atom. The maximum Gasteiger partial charge on any atom is 0.422 e. The molecule has 2 aromatic rings. The fraction of sp³-hybridized carbons (Fsp3) is 0.294. The Balaban J connectivity index is 1.96. The highest BCUT2D eigenvalue weighted by atomic mass is 19.4. The van der Waals surface area contributed by atoms with E-state index in [0.717, 1.165) is 5.56 Å². The molecule has 1 aromatic carbocycles. The number of carbonyl (C=O) groups is 1. The number of nitrogens with one attached hydrogen (secondary N) is 2. The number of aryl methyl sites for hydroxylation is 1. The Hall–Kier alpha value is -2.77. The van der Waals surface area contributed by atoms with E-state index in [4.69, 9.17) is 4.74 Å². The molecule has 0 spiro atoms. The van der Waals surface area contributed by atoms with E-state index in [2.05, 4.69) is 15.6 Å². The Morgan fingerprint density at radius 1 is 1.24 bits per heavy atom. The summed E-state index contributed by atoms with van der Waals surface area (Å²) in [7, 11) is 1.70. The number of amides is 1. The predicted octanol–water partition coefficient (Wildman–Crippen LogP) is 3.30. The van der Waals surface area contributed by atoms with Crippen molar-refractivity contribution in [1.29, 1.82) is 0 Å². The maximum atomic E-state index is 12.2. The number of aromatic nitrogens is 1. The highest BCUT2D eigenvalue weighted by Gasteiger charge is 2.28. The molecule has 2 rings (SSSR count). The van der Waals surface area contributed by atoms with Crippen LogP contribution >= 0.6 is 0 Å². The normalized spacial score (nSPS) is 11.1. The maximum absolute atomic E-state index is 12.2. The third-order valence-corrected chi connectivity index (χ3v) is 3.36. The van der Waals surface area contributed by atoms with Gasteiger partial charge in [-0.25, -0.2) is 4.98 Å². The molecule has 0 bridgehead atoms. The molecule has 8 heteroatoms. The van der Waals surface area contributed by atoms with Crippen molar-refractivity contribution in [2.45, 2.75) is 19.6 Å². The number of ether oxygens (including phenoxy) is 1. The average molecular weight is 353 g/mol. The molecule has 1 aromatic heterocycles. The van der Waals surface area contributed by atoms with Crippen LogP contribution in [0.15, 0.2) is 36.5 Å². The summed E-state index contributed by atoms with van der Waals surface area (Å²) < 4.78 is 41.3. The SMILES string of the molecule is CNc1cc(C(=O)NCc2ccc(OCC(F)(F)F)c(C)c2)ccn1. The van der Waals surface area contributed by atoms with E-state index in [-0.39, 0.29) is 18.2 Å². The molecule has 1 heterocycles. The first kappa shape index (κ1) is 18.6. The van der Waals surface area contributed by atoms with Gasteiger partial charge in [0.05, 0.1) is 0 Å². The number of carbonyl (C=O) groups excluding carboxylic acids is 1. The lowest BCUT2D eigenvalue weighted by Gasteiger charge is -2.13. The van der Waals surface area contributed by atoms with Crippen molar-refractivity contribution in [3.05, 3.63) is 53.2 Å². The summed E-state index contributed by atoms with van der Waals surface area (Å²) in [5.74, 6) is 0.476. The van der Waals surface area contributed by atoms with Crippen LogP contribution in [0.4, 0.5) is 19.0 Å². The van der Waals surface area contributed by atoms with E-state index < -0.39 is 12.8 Å². The zero-order valence-electron chi connectivity index (χ0n) is 13.8. The van der Waals surface area contributed by atoms with Crippen molar-refractivity contribution >= 4 is 11.7 Å². The molecule has 25 heavy (non-hydrogen) atoms. The quantitative estimate of drug-likeness (QED) is 0.836. The van der Waals surface area contributed by atoms with Gasteiger partial charge in [0, 0.05) is 25.4 Å². The van der Waals surface area contributed by atoms with Crippen molar-refractivity contribution in [1.82, 2.24) is 10.3 Å². The predicted molar refractivity (Wildman–Crippen MR) is 87.7 cm³/mol. The molecule has 134 valence electrons. The lowest BCUT2D eigenvalue weighted by atomic mass is 10.1. The van der Waals surface area contributed by atoms with Crippen LogP contribution in [0.25, 0.3) is 0 Å². The van der Waals surface area contributed by atoms with Gasteiger partial charge in [0.15, 0.2) is 6.61 Å². The molecule has 0 saturated heterocycles. The Morgan fingerprint density at radius 2 is 2.00 bits per heavy atom. The van der Waals surface area contributed by atoms with Gasteiger partial charge in [0.2, 0.25) is 0 Å². The number of pyridine rings is 1. The molecule has 0 aliphatic carbocycles. The first-order valence-corrected chi connectivity index (χ1v) is 7.49. The van der Waals surface area contributed by atoms with Gasteiger partial charge >= 0.3 is 6.18 Å². The molecule has 0 fully saturated rings. The van der Waals surface area contributed by atoms with Crippen molar-refractivity contribution in [3.63, 3.8) is 0 Å². The largest absolute Gasteiger partial charge is 0.484 e. The highest BCUT2D eigenvalue weighted by Crippen LogP contribution is 2.22. The van der Waals surface area contributed by atoms with Crippen LogP contribution in [0.1, 0.15) is 21.5 Å². The zero-order valence-corrected chi connectivity index (χ0v) is 13.8. The summed E-state index contributed by atoms with van der Waals surface area (Å²) in [5, 5.41) is 5.60. The molecule has 0 aliphatic rings. The van der Waals surface area contributed by atoms with Crippen molar-refractivity contribution in [3.8, 4) is 5.75 Å². The van der Waals surface area contributed by atoms with Gasteiger partial charge in [-0.1, -0.05) is 12.1 Å². The number of halogens is 3. The van der Waals surface area contributed by atoms with Crippen LogP contribution in [0.2, 0.25) is 0 Å². The van der Waals surface area contributed by atoms with Crippen molar-refractivity contribution in [2.24, 2.45) is 0 Å². The lowest BCUT2D eigenvalue weighted by Crippen LogP contribution is -2.23. The molecule has 0 unspecified atom stereocenters. The van der Waals surface area contributed by atoms with Crippen LogP contribution < -0.4 is 15.4 Å². The molecule has 0 aliphatic heterocycles. The first-order chi connectivity index (χ1) is 11.8. The van der Waals surface area contributed by atoms with Crippen LogP contribution in [0.3, 0.4) is 0 Å². The van der Waals surface area contributed by atoms with Crippen LogP contribution in [-0.4, -0.2) is 30.7 Å². The molecule has 1 amide bonds. The number of hydrogen-bond acceptors (Lipinski definition) is 4. The number of benzene rings is 1. The number of hydrogen-bond donors (Lipinski definition) is 2. The second kappa shape index (κ2) is 7.87. The third-order valence-electron chi connectivity index (χ3n) is 3.36. The topological polar surface area (TPSA) is 63.2 Å². The van der Waals surface area contributed by atoms with E-state index in [0.29, 0.717) is 16.9 Å². The number of anilines is 1. The van der Waals surface area contributed by atoms with Gasteiger partial charge in [-0.3, -0.25) is 4.79 Å². The average Bonchev–Trinajstić information content (AvgIpc) is 2.58. The minimum atomic E-state index is -4.38. The standard InChI is InChI=1S/C17H18F3N3O2/c1-11-7-12(3-4-14(11)25-10-17(18,19)20)9-23-16(24)13-5-6-22-15(8-13)21-2/h3-8H,9-10H2,1-2H3,(H,21,22)(H,23,24). The van der Waals surface area contributed by atoms with Gasteiger partial charge in [-0.2, -0.15) is 13.2 Å². The fourth-order valence-electron chi connectivity index (χ4n) is 2.14. The summed E-state index contributed by atoms with van der Waals surface area (Å²) in [6.07, 6.45) is -2.85. The molecule has 0 radical (unpaired) electrons. The second-order valence-corrected chi connectivity index (χ2v) is 5.37. The van der Waals surface area contributed by atoms with Gasteiger partial charge < -0.3 is 15.4 Å². The van der Waals surface area contributed by atoms with E-state index in [1.807, 2.05) is 0 Å². The number of alkyl halides is 3. The van der Waals surface area contributed by atoms with Gasteiger partial charge in [-0.05, 0) is 36.2 Å². The Bertz CT molecular complexity index is 748. The van der Waals surface area contributed by atoms with E-state index in [9.17, 15) is 18.0 Å². The summed E-state index contributed by atoms with van der Waals surface area (Å²) >= 11 is 0. The van der Waals surface area contributed by atoms with Gasteiger partial charge in [-0.15, -0.1) is 0 Å². The van der Waals surface area contributed by atoms with Gasteiger partial charge in [0.1, 0.15) is 11.6 Å². The molecule has 0 atom stereocenters. The molecule has 0 saturated carbocycles. The summed E-state index contributed by atoms with van der Waals surface area (Å²) in [5.41, 5.74) is 1.78. The first-order valence-electron chi connectivity index (χ1n) is 7.49. The van der Waals surface area contributed by atoms with Gasteiger partial charge in [0.25, 0.3) is 5.91 Å². The van der Waals surface area contributed by atoms with Crippen molar-refractivity contribution < 1.29 is 22.7 Å². The van der Waals surface area contributed by atoms with Crippen LogP contribution in [0.5, 0.6) is 5.75 Å². The molecular weight excluding hydrogens is 335 g/mol. The number of rotatable bonds is 6. The van der Waals surface area contributed by atoms with Crippen LogP contribution in [0, 0.1) is 6.92 Å². The Labute approximate surface area is 143 Å². The van der Waals surface area contributed by atoms with E-state index in [1.54, 1.807) is 38.2 Å². The summed E-state index contributed by atoms with van der Waals surface area (Å²) in [4.78, 5) is 16.2. The summed E-state index contributed by atoms with van der Waals surface area (Å²) in [6.45, 7) is 0.565. The highest BCUT2D eigenvalue weighted by molar-refractivity contribution is 5.94. The summed E-state index contributed by atoms with van der Waals surface area (Å²) in [6, 6.07) is 7.97. The lowest BCUT2D eigenvalue weighted by molar-refractivity contribution is -0.153. The second-order valence-electron chi connectivity index (χ2n) is 5.37. The minimum absolute atomic E-state index is 0.167. The van der Waals surface area contributed by atoms with Crippen molar-refractivity contribution in [2.75, 3.05) is 19.0 Å². The molecule has 2 N–H and O–H groups in total. The minimum Gasteiger partial charge on any atom is -0.484 e. The monoisotopic (exact) mass is 353 g/mol. The molecular formula is C17H18F3N3O2. The third kappa shape index (κ3) is 5.66.